The van der Waals surface area contributed by atoms with Gasteiger partial charge in [-0.05, 0) is 42.5 Å². The van der Waals surface area contributed by atoms with Crippen LogP contribution < -0.4 is 10.6 Å². The van der Waals surface area contributed by atoms with Gasteiger partial charge in [0.15, 0.2) is 0 Å². The van der Waals surface area contributed by atoms with Gasteiger partial charge in [0, 0.05) is 13.1 Å². The van der Waals surface area contributed by atoms with Gasteiger partial charge in [-0.15, -0.1) is 0 Å². The second kappa shape index (κ2) is 10.9. The highest BCUT2D eigenvalue weighted by Crippen LogP contribution is 2.12. The van der Waals surface area contributed by atoms with Crippen LogP contribution in [0.1, 0.15) is 36.1 Å². The number of carbonyl (C=O) groups is 2. The Hall–Kier alpha value is -3.02. The zero-order valence-electron chi connectivity index (χ0n) is 15.8. The maximum atomic E-state index is 11.3. The Balaban J connectivity index is 1.82. The molecule has 27 heavy (non-hydrogen) atoms. The number of rotatable bonds is 8. The topological polar surface area (TPSA) is 76.7 Å². The third-order valence-corrected chi connectivity index (χ3v) is 3.88. The van der Waals surface area contributed by atoms with Crippen LogP contribution in [0.4, 0.5) is 9.59 Å². The quantitative estimate of drug-likeness (QED) is 0.742. The van der Waals surface area contributed by atoms with E-state index < -0.39 is 12.2 Å². The van der Waals surface area contributed by atoms with Crippen LogP contribution in [0.15, 0.2) is 48.5 Å². The molecule has 2 aromatic rings. The number of alkyl carbamates (subject to hydrolysis) is 2. The number of ether oxygens (including phenoxy) is 2. The molecule has 6 heteroatoms. The van der Waals surface area contributed by atoms with Gasteiger partial charge in [-0.3, -0.25) is 0 Å². The predicted octanol–water partition coefficient (Wildman–Crippen LogP) is 3.77. The molecule has 0 fully saturated rings. The van der Waals surface area contributed by atoms with Crippen molar-refractivity contribution >= 4 is 12.2 Å². The number of hydrogen-bond donors (Lipinski definition) is 2. The molecule has 6 nitrogen and oxygen atoms in total. The molecule has 0 aromatic heterocycles. The molecular weight excluding hydrogens is 344 g/mol. The van der Waals surface area contributed by atoms with Crippen LogP contribution >= 0.6 is 0 Å². The van der Waals surface area contributed by atoms with Crippen molar-refractivity contribution < 1.29 is 19.1 Å². The molecule has 2 amide bonds. The van der Waals surface area contributed by atoms with Gasteiger partial charge >= 0.3 is 12.2 Å². The average molecular weight is 370 g/mol. The summed E-state index contributed by atoms with van der Waals surface area (Å²) in [5.41, 5.74) is 4.42. The lowest BCUT2D eigenvalue weighted by molar-refractivity contribution is 0.150. The highest BCUT2D eigenvalue weighted by Gasteiger charge is 2.03. The number of nitrogens with one attached hydrogen (secondary N) is 2. The molecule has 0 atom stereocenters. The van der Waals surface area contributed by atoms with Gasteiger partial charge in [0.2, 0.25) is 0 Å². The third-order valence-electron chi connectivity index (χ3n) is 3.88. The minimum absolute atomic E-state index is 0.364. The van der Waals surface area contributed by atoms with E-state index in [1.165, 1.54) is 11.1 Å². The van der Waals surface area contributed by atoms with Gasteiger partial charge in [-0.1, -0.05) is 48.5 Å². The van der Waals surface area contributed by atoms with Gasteiger partial charge in [-0.2, -0.15) is 0 Å². The molecule has 0 spiro atoms. The van der Waals surface area contributed by atoms with Crippen LogP contribution in [0.25, 0.3) is 0 Å². The van der Waals surface area contributed by atoms with E-state index in [4.69, 9.17) is 9.47 Å². The lowest BCUT2D eigenvalue weighted by Gasteiger charge is -2.08. The fourth-order valence-electron chi connectivity index (χ4n) is 2.50. The van der Waals surface area contributed by atoms with E-state index in [2.05, 4.69) is 34.9 Å². The zero-order chi connectivity index (χ0) is 19.5. The second-order valence-corrected chi connectivity index (χ2v) is 5.96. The molecule has 0 saturated carbocycles. The van der Waals surface area contributed by atoms with E-state index in [1.54, 1.807) is 13.8 Å². The van der Waals surface area contributed by atoms with E-state index in [9.17, 15) is 9.59 Å². The first-order valence-corrected chi connectivity index (χ1v) is 9.07. The minimum Gasteiger partial charge on any atom is -0.450 e. The molecule has 0 heterocycles. The summed E-state index contributed by atoms with van der Waals surface area (Å²) < 4.78 is 9.68. The summed E-state index contributed by atoms with van der Waals surface area (Å²) in [7, 11) is 0. The first kappa shape index (κ1) is 20.3. The Morgan fingerprint density at radius 2 is 1.00 bits per heavy atom. The Kier molecular flexibility index (Phi) is 8.16. The molecule has 0 saturated heterocycles. The molecule has 0 aliphatic carbocycles. The molecule has 2 rings (SSSR count). The van der Waals surface area contributed by atoms with Crippen LogP contribution in [0, 0.1) is 0 Å². The van der Waals surface area contributed by atoms with Crippen LogP contribution in [-0.2, 0) is 29.0 Å². The summed E-state index contributed by atoms with van der Waals surface area (Å²) >= 11 is 0. The average Bonchev–Trinajstić information content (AvgIpc) is 2.67. The van der Waals surface area contributed by atoms with Crippen molar-refractivity contribution in [2.45, 2.75) is 33.4 Å². The Morgan fingerprint density at radius 3 is 1.33 bits per heavy atom. The van der Waals surface area contributed by atoms with Gasteiger partial charge in [0.25, 0.3) is 0 Å². The summed E-state index contributed by atoms with van der Waals surface area (Å²) in [4.78, 5) is 22.6. The molecule has 0 bridgehead atoms. The standard InChI is InChI=1S/C21H26N2O4/c1-3-26-20(24)22-14-18-9-5-16(6-10-18)13-17-7-11-19(12-8-17)15-23-21(25)27-4-2/h5-12H,3-4,13-15H2,1-2H3,(H,22,24)(H,23,25). The molecule has 144 valence electrons. The monoisotopic (exact) mass is 370 g/mol. The maximum absolute atomic E-state index is 11.3. The number of hydrogen-bond acceptors (Lipinski definition) is 4. The van der Waals surface area contributed by atoms with Crippen LogP contribution in [0.5, 0.6) is 0 Å². The van der Waals surface area contributed by atoms with Gasteiger partial charge in [-0.25, -0.2) is 9.59 Å². The van der Waals surface area contributed by atoms with Crippen molar-refractivity contribution in [2.75, 3.05) is 13.2 Å². The Bertz CT molecular complexity index is 663. The number of amides is 2. The second-order valence-electron chi connectivity index (χ2n) is 5.96. The van der Waals surface area contributed by atoms with E-state index in [0.717, 1.165) is 17.5 Å². The predicted molar refractivity (Wildman–Crippen MR) is 103 cm³/mol. The summed E-state index contributed by atoms with van der Waals surface area (Å²) in [5.74, 6) is 0. The van der Waals surface area contributed by atoms with E-state index in [0.29, 0.717) is 26.3 Å². The van der Waals surface area contributed by atoms with Crippen molar-refractivity contribution in [2.24, 2.45) is 0 Å². The number of carbonyl (C=O) groups excluding carboxylic acids is 2. The van der Waals surface area contributed by atoms with E-state index in [1.807, 2.05) is 24.3 Å². The summed E-state index contributed by atoms with van der Waals surface area (Å²) in [5, 5.41) is 5.41. The smallest absolute Gasteiger partial charge is 0.407 e. The summed E-state index contributed by atoms with van der Waals surface area (Å²) in [6.45, 7) is 5.17. The molecule has 0 radical (unpaired) electrons. The van der Waals surface area contributed by atoms with Crippen LogP contribution in [0.2, 0.25) is 0 Å². The highest BCUT2D eigenvalue weighted by atomic mass is 16.5. The highest BCUT2D eigenvalue weighted by molar-refractivity contribution is 5.67. The third kappa shape index (κ3) is 7.40. The van der Waals surface area contributed by atoms with Gasteiger partial charge < -0.3 is 20.1 Å². The van der Waals surface area contributed by atoms with Crippen LogP contribution in [-0.4, -0.2) is 25.4 Å². The zero-order valence-corrected chi connectivity index (χ0v) is 15.8. The molecule has 2 aromatic carbocycles. The maximum Gasteiger partial charge on any atom is 0.407 e. The summed E-state index contributed by atoms with van der Waals surface area (Å²) in [6.07, 6.45) is 0.00944. The summed E-state index contributed by atoms with van der Waals surface area (Å²) in [6, 6.07) is 16.2. The van der Waals surface area contributed by atoms with Crippen molar-refractivity contribution in [3.63, 3.8) is 0 Å². The SMILES string of the molecule is CCOC(=O)NCc1ccc(Cc2ccc(CNC(=O)OCC)cc2)cc1. The van der Waals surface area contributed by atoms with Crippen molar-refractivity contribution in [1.29, 1.82) is 0 Å². The Labute approximate surface area is 159 Å². The van der Waals surface area contributed by atoms with Gasteiger partial charge in [0.05, 0.1) is 13.2 Å². The fraction of sp³-hybridized carbons (Fsp3) is 0.333. The fourth-order valence-corrected chi connectivity index (χ4v) is 2.50. The number of benzene rings is 2. The lowest BCUT2D eigenvalue weighted by atomic mass is 10.0. The normalized spacial score (nSPS) is 10.1. The molecule has 0 unspecified atom stereocenters. The minimum atomic E-state index is -0.404. The molecular formula is C21H26N2O4. The molecule has 0 aliphatic rings. The van der Waals surface area contributed by atoms with E-state index >= 15 is 0 Å². The largest absolute Gasteiger partial charge is 0.450 e. The van der Waals surface area contributed by atoms with E-state index in [-0.39, 0.29) is 0 Å². The lowest BCUT2D eigenvalue weighted by Crippen LogP contribution is -2.23. The van der Waals surface area contributed by atoms with Crippen molar-refractivity contribution in [3.8, 4) is 0 Å². The first-order chi connectivity index (χ1) is 13.1. The molecule has 2 N–H and O–H groups in total. The van der Waals surface area contributed by atoms with Crippen LogP contribution in [0.3, 0.4) is 0 Å². The van der Waals surface area contributed by atoms with Crippen molar-refractivity contribution in [1.82, 2.24) is 10.6 Å². The Morgan fingerprint density at radius 1 is 0.667 bits per heavy atom. The molecule has 0 aliphatic heterocycles. The van der Waals surface area contributed by atoms with Gasteiger partial charge in [0.1, 0.15) is 0 Å². The van der Waals surface area contributed by atoms with Crippen molar-refractivity contribution in [3.05, 3.63) is 70.8 Å². The first-order valence-electron chi connectivity index (χ1n) is 9.07.